The summed E-state index contributed by atoms with van der Waals surface area (Å²) in [7, 11) is 0. The summed E-state index contributed by atoms with van der Waals surface area (Å²) in [6.45, 7) is 0.222. The van der Waals surface area contributed by atoms with E-state index in [9.17, 15) is 22.8 Å². The number of carbonyl (C=O) groups is 2. The molecule has 1 aromatic heterocycles. The molecular weight excluding hydrogens is 383 g/mol. The summed E-state index contributed by atoms with van der Waals surface area (Å²) in [5, 5.41) is 4.84. The molecule has 0 saturated heterocycles. The topological polar surface area (TPSA) is 71.1 Å². The minimum Gasteiger partial charge on any atom is -0.350 e. The molecule has 2 N–H and O–H groups in total. The third-order valence-electron chi connectivity index (χ3n) is 4.18. The Morgan fingerprint density at radius 3 is 2.56 bits per heavy atom. The van der Waals surface area contributed by atoms with Gasteiger partial charge in [0, 0.05) is 11.2 Å². The van der Waals surface area contributed by atoms with Crippen LogP contribution in [0.5, 0.6) is 0 Å². The van der Waals surface area contributed by atoms with Crippen molar-refractivity contribution in [3.05, 3.63) is 58.9 Å². The second-order valence-electron chi connectivity index (χ2n) is 6.16. The maximum atomic E-state index is 13.1. The second-order valence-corrected chi connectivity index (χ2v) is 6.60. The highest BCUT2D eigenvalue weighted by Gasteiger charge is 2.48. The Morgan fingerprint density at radius 2 is 1.89 bits per heavy atom. The van der Waals surface area contributed by atoms with Crippen LogP contribution in [0.3, 0.4) is 0 Å². The Hall–Kier alpha value is -2.61. The predicted octanol–water partition coefficient (Wildman–Crippen LogP) is 3.64. The van der Waals surface area contributed by atoms with Crippen LogP contribution in [0, 0.1) is 11.8 Å². The molecule has 1 saturated carbocycles. The molecule has 0 spiro atoms. The average Bonchev–Trinajstić information content (AvgIpc) is 3.42. The molecule has 1 fully saturated rings. The van der Waals surface area contributed by atoms with Gasteiger partial charge in [0.25, 0.3) is 0 Å². The van der Waals surface area contributed by atoms with E-state index in [0.717, 1.165) is 12.1 Å². The second kappa shape index (κ2) is 7.56. The molecule has 2 unspecified atom stereocenters. The van der Waals surface area contributed by atoms with Crippen molar-refractivity contribution >= 4 is 29.1 Å². The SMILES string of the molecule is O=C(NCc1ccccn1)C1CC1C(=O)Nc1ccc(Cl)cc1C(F)(F)F. The van der Waals surface area contributed by atoms with Gasteiger partial charge in [0.1, 0.15) is 0 Å². The zero-order chi connectivity index (χ0) is 19.6. The lowest BCUT2D eigenvalue weighted by atomic mass is 10.1. The number of hydrogen-bond donors (Lipinski definition) is 2. The van der Waals surface area contributed by atoms with E-state index in [0.29, 0.717) is 5.69 Å². The molecule has 0 radical (unpaired) electrons. The van der Waals surface area contributed by atoms with E-state index in [4.69, 9.17) is 11.6 Å². The summed E-state index contributed by atoms with van der Waals surface area (Å²) in [5.74, 6) is -2.17. The van der Waals surface area contributed by atoms with Crippen LogP contribution in [0.2, 0.25) is 5.02 Å². The minimum atomic E-state index is -4.66. The standard InChI is InChI=1S/C18H15ClF3N3O2/c19-10-4-5-15(14(7-10)18(20,21)22)25-17(27)13-8-12(13)16(26)24-9-11-3-1-2-6-23-11/h1-7,12-13H,8-9H2,(H,24,26)(H,25,27). The molecule has 1 aliphatic carbocycles. The van der Waals surface area contributed by atoms with Gasteiger partial charge in [-0.1, -0.05) is 17.7 Å². The molecule has 2 aromatic rings. The maximum Gasteiger partial charge on any atom is 0.418 e. The summed E-state index contributed by atoms with van der Waals surface area (Å²) in [4.78, 5) is 28.4. The van der Waals surface area contributed by atoms with Gasteiger partial charge in [-0.15, -0.1) is 0 Å². The van der Waals surface area contributed by atoms with Crippen LogP contribution in [0.25, 0.3) is 0 Å². The number of benzene rings is 1. The van der Waals surface area contributed by atoms with Gasteiger partial charge in [0.05, 0.1) is 35.3 Å². The molecule has 142 valence electrons. The molecule has 5 nitrogen and oxygen atoms in total. The summed E-state index contributed by atoms with van der Waals surface area (Å²) >= 11 is 5.61. The van der Waals surface area contributed by atoms with E-state index < -0.39 is 29.5 Å². The largest absolute Gasteiger partial charge is 0.418 e. The van der Waals surface area contributed by atoms with Crippen molar-refractivity contribution < 1.29 is 22.8 Å². The summed E-state index contributed by atoms with van der Waals surface area (Å²) in [6.07, 6.45) is -2.77. The fourth-order valence-electron chi connectivity index (χ4n) is 2.67. The average molecular weight is 398 g/mol. The van der Waals surface area contributed by atoms with Crippen molar-refractivity contribution in [1.82, 2.24) is 10.3 Å². The van der Waals surface area contributed by atoms with E-state index in [1.165, 1.54) is 6.07 Å². The molecule has 27 heavy (non-hydrogen) atoms. The highest BCUT2D eigenvalue weighted by molar-refractivity contribution is 6.30. The normalized spacial score (nSPS) is 18.7. The van der Waals surface area contributed by atoms with Crippen molar-refractivity contribution in [2.45, 2.75) is 19.1 Å². The number of nitrogens with one attached hydrogen (secondary N) is 2. The fraction of sp³-hybridized carbons (Fsp3) is 0.278. The van der Waals surface area contributed by atoms with Gasteiger partial charge in [0.15, 0.2) is 0 Å². The number of alkyl halides is 3. The number of pyridine rings is 1. The lowest BCUT2D eigenvalue weighted by Crippen LogP contribution is -2.27. The van der Waals surface area contributed by atoms with E-state index in [2.05, 4.69) is 15.6 Å². The number of halogens is 4. The van der Waals surface area contributed by atoms with Crippen LogP contribution in [-0.4, -0.2) is 16.8 Å². The first kappa shape index (κ1) is 19.2. The lowest BCUT2D eigenvalue weighted by Gasteiger charge is -2.14. The van der Waals surface area contributed by atoms with Crippen LogP contribution < -0.4 is 10.6 Å². The Morgan fingerprint density at radius 1 is 1.15 bits per heavy atom. The van der Waals surface area contributed by atoms with Gasteiger partial charge in [-0.2, -0.15) is 13.2 Å². The van der Waals surface area contributed by atoms with Crippen molar-refractivity contribution in [3.63, 3.8) is 0 Å². The number of amides is 2. The van der Waals surface area contributed by atoms with Crippen molar-refractivity contribution in [3.8, 4) is 0 Å². The molecule has 9 heteroatoms. The summed E-state index contributed by atoms with van der Waals surface area (Å²) < 4.78 is 39.2. The van der Waals surface area contributed by atoms with Gasteiger partial charge in [0.2, 0.25) is 11.8 Å². The monoisotopic (exact) mass is 397 g/mol. The highest BCUT2D eigenvalue weighted by atomic mass is 35.5. The van der Waals surface area contributed by atoms with E-state index >= 15 is 0 Å². The Bertz CT molecular complexity index is 859. The minimum absolute atomic E-state index is 0.0847. The number of nitrogens with zero attached hydrogens (tertiary/aromatic N) is 1. The number of aromatic nitrogens is 1. The molecule has 3 rings (SSSR count). The van der Waals surface area contributed by atoms with E-state index in [1.807, 2.05) is 0 Å². The molecule has 0 aliphatic heterocycles. The number of hydrogen-bond acceptors (Lipinski definition) is 3. The number of anilines is 1. The van der Waals surface area contributed by atoms with Gasteiger partial charge in [-0.25, -0.2) is 0 Å². The Kier molecular flexibility index (Phi) is 5.36. The molecule has 0 bridgehead atoms. The van der Waals surface area contributed by atoms with Crippen LogP contribution in [0.1, 0.15) is 17.7 Å². The summed E-state index contributed by atoms with van der Waals surface area (Å²) in [5.41, 5.74) is -0.736. The van der Waals surface area contributed by atoms with Crippen LogP contribution in [-0.2, 0) is 22.3 Å². The fourth-order valence-corrected chi connectivity index (χ4v) is 2.84. The van der Waals surface area contributed by atoms with Crippen LogP contribution in [0.4, 0.5) is 18.9 Å². The molecule has 1 aromatic carbocycles. The lowest BCUT2D eigenvalue weighted by molar-refractivity contribution is -0.137. The van der Waals surface area contributed by atoms with Crippen LogP contribution >= 0.6 is 11.6 Å². The maximum absolute atomic E-state index is 13.1. The van der Waals surface area contributed by atoms with Crippen molar-refractivity contribution in [2.75, 3.05) is 5.32 Å². The van der Waals surface area contributed by atoms with Gasteiger partial charge in [-0.05, 0) is 36.8 Å². The zero-order valence-corrected chi connectivity index (χ0v) is 14.6. The Labute approximate surface area is 157 Å². The molecule has 2 atom stereocenters. The third kappa shape index (κ3) is 4.77. The first-order valence-electron chi connectivity index (χ1n) is 8.11. The first-order valence-corrected chi connectivity index (χ1v) is 8.48. The highest BCUT2D eigenvalue weighted by Crippen LogP contribution is 2.41. The van der Waals surface area contributed by atoms with Gasteiger partial charge < -0.3 is 10.6 Å². The van der Waals surface area contributed by atoms with Crippen LogP contribution in [0.15, 0.2) is 42.6 Å². The Balaban J connectivity index is 1.58. The van der Waals surface area contributed by atoms with E-state index in [-0.39, 0.29) is 29.6 Å². The van der Waals surface area contributed by atoms with Gasteiger partial charge in [-0.3, -0.25) is 14.6 Å². The third-order valence-corrected chi connectivity index (χ3v) is 4.41. The first-order chi connectivity index (χ1) is 12.8. The quantitative estimate of drug-likeness (QED) is 0.809. The van der Waals surface area contributed by atoms with Crippen molar-refractivity contribution in [1.29, 1.82) is 0 Å². The zero-order valence-electron chi connectivity index (χ0n) is 13.9. The smallest absolute Gasteiger partial charge is 0.350 e. The summed E-state index contributed by atoms with van der Waals surface area (Å²) in [6, 6.07) is 8.39. The molecule has 2 amide bonds. The van der Waals surface area contributed by atoms with E-state index in [1.54, 1.807) is 24.4 Å². The van der Waals surface area contributed by atoms with Crippen molar-refractivity contribution in [2.24, 2.45) is 11.8 Å². The number of rotatable bonds is 5. The molecular formula is C18H15ClF3N3O2. The number of carbonyl (C=O) groups excluding carboxylic acids is 2. The van der Waals surface area contributed by atoms with Gasteiger partial charge >= 0.3 is 6.18 Å². The molecule has 1 heterocycles. The molecule has 1 aliphatic rings. The predicted molar refractivity (Wildman–Crippen MR) is 92.8 cm³/mol.